The molecule has 2 aromatic rings. The van der Waals surface area contributed by atoms with Crippen LogP contribution in [-0.4, -0.2) is 40.7 Å². The van der Waals surface area contributed by atoms with E-state index in [4.69, 9.17) is 25.8 Å². The van der Waals surface area contributed by atoms with Crippen LogP contribution in [0.4, 0.5) is 22.8 Å². The smallest absolute Gasteiger partial charge is 0.444 e. The number of alkyl carbamates (subject to hydrolysis) is 1. The maximum atomic E-state index is 13.5. The topological polar surface area (TPSA) is 94.1 Å². The van der Waals surface area contributed by atoms with Crippen LogP contribution in [0.15, 0.2) is 46.2 Å². The van der Waals surface area contributed by atoms with E-state index in [1.54, 1.807) is 59.7 Å². The second kappa shape index (κ2) is 14.2. The third kappa shape index (κ3) is 11.6. The number of ether oxygens (including phenoxy) is 3. The van der Waals surface area contributed by atoms with E-state index >= 15 is 0 Å². The van der Waals surface area contributed by atoms with E-state index in [0.29, 0.717) is 35.6 Å². The number of aliphatic hydroxyl groups excluding tert-OH is 1. The zero-order valence-electron chi connectivity index (χ0n) is 24.9. The van der Waals surface area contributed by atoms with Gasteiger partial charge >= 0.3 is 18.4 Å². The van der Waals surface area contributed by atoms with Gasteiger partial charge in [0.25, 0.3) is 0 Å². The van der Waals surface area contributed by atoms with Crippen molar-refractivity contribution in [2.45, 2.75) is 107 Å². The van der Waals surface area contributed by atoms with Gasteiger partial charge in [-0.15, -0.1) is 0 Å². The van der Waals surface area contributed by atoms with Gasteiger partial charge in [-0.25, -0.2) is 9.59 Å². The Morgan fingerprint density at radius 1 is 0.952 bits per heavy atom. The number of halogens is 4. The molecule has 12 heteroatoms. The molecule has 2 aromatic carbocycles. The van der Waals surface area contributed by atoms with Gasteiger partial charge in [-0.05, 0) is 96.7 Å². The van der Waals surface area contributed by atoms with Gasteiger partial charge in [0.05, 0.1) is 22.6 Å². The number of alkyl halides is 3. The third-order valence-corrected chi connectivity index (χ3v) is 7.16. The molecule has 0 heterocycles. The second-order valence-electron chi connectivity index (χ2n) is 11.9. The fraction of sp³-hybridized carbons (Fsp3) is 0.533. The first-order valence-electron chi connectivity index (χ1n) is 13.5. The molecule has 234 valence electrons. The molecule has 0 radical (unpaired) electrons. The Hall–Kier alpha value is -2.63. The minimum atomic E-state index is -4.60. The van der Waals surface area contributed by atoms with Gasteiger partial charge < -0.3 is 24.6 Å². The summed E-state index contributed by atoms with van der Waals surface area (Å²) < 4.78 is 56.1. The highest BCUT2D eigenvalue weighted by molar-refractivity contribution is 7.99. The Balaban J connectivity index is 2.28. The average molecular weight is 634 g/mol. The molecule has 1 amide bonds. The number of hydrogen-bond acceptors (Lipinski definition) is 7. The predicted molar refractivity (Wildman–Crippen MR) is 156 cm³/mol. The molecule has 2 rings (SSSR count). The van der Waals surface area contributed by atoms with Crippen LogP contribution < -0.4 is 10.1 Å². The number of aryl methyl sites for hydroxylation is 1. The zero-order valence-corrected chi connectivity index (χ0v) is 26.5. The second-order valence-corrected chi connectivity index (χ2v) is 13.4. The van der Waals surface area contributed by atoms with Crippen LogP contribution in [0.25, 0.3) is 0 Å². The summed E-state index contributed by atoms with van der Waals surface area (Å²) >= 11 is 7.51. The molecule has 2 N–H and O–H groups in total. The largest absolute Gasteiger partial charge is 0.514 e. The van der Waals surface area contributed by atoms with E-state index in [0.717, 1.165) is 35.5 Å². The van der Waals surface area contributed by atoms with E-state index in [2.05, 4.69) is 5.32 Å². The zero-order chi connectivity index (χ0) is 31.9. The lowest BCUT2D eigenvalue weighted by atomic mass is 9.87. The Morgan fingerprint density at radius 3 is 2.12 bits per heavy atom. The van der Waals surface area contributed by atoms with Crippen molar-refractivity contribution >= 4 is 35.6 Å². The monoisotopic (exact) mass is 633 g/mol. The summed E-state index contributed by atoms with van der Waals surface area (Å²) in [5.74, 6) is -0.0945. The molecule has 0 saturated heterocycles. The van der Waals surface area contributed by atoms with Crippen molar-refractivity contribution in [2.75, 3.05) is 6.61 Å². The molecule has 1 unspecified atom stereocenters. The minimum absolute atomic E-state index is 0.0447. The fourth-order valence-electron chi connectivity index (χ4n) is 3.95. The van der Waals surface area contributed by atoms with E-state index in [1.807, 2.05) is 6.92 Å². The highest BCUT2D eigenvalue weighted by Crippen LogP contribution is 2.41. The van der Waals surface area contributed by atoms with E-state index in [9.17, 15) is 27.9 Å². The van der Waals surface area contributed by atoms with Crippen molar-refractivity contribution < 1.29 is 42.1 Å². The number of carbonyl (C=O) groups is 2. The highest BCUT2D eigenvalue weighted by Gasteiger charge is 2.33. The third-order valence-electron chi connectivity index (χ3n) is 5.78. The van der Waals surface area contributed by atoms with E-state index < -0.39 is 40.7 Å². The van der Waals surface area contributed by atoms with Crippen LogP contribution in [0.2, 0.25) is 5.02 Å². The standard InChI is InChI=1S/C30H39ClF3NO6S/c1-8-14-29(18-36,35-25(37)40-27(2,3)4)15-13-19-9-11-21(17-22(19)31)42-24-16-20(30(32,33)34)10-12-23(24)39-26(38)41-28(5,6)7/h9-12,16-17,36H,8,13-15,18H2,1-7H3,(H,35,37). The van der Waals surface area contributed by atoms with Crippen LogP contribution in [0.3, 0.4) is 0 Å². The molecular formula is C30H39ClF3NO6S. The molecule has 0 aliphatic rings. The van der Waals surface area contributed by atoms with Crippen molar-refractivity contribution in [3.63, 3.8) is 0 Å². The van der Waals surface area contributed by atoms with Crippen LogP contribution in [0.1, 0.15) is 78.9 Å². The Labute approximate surface area is 254 Å². The first kappa shape index (κ1) is 35.6. The van der Waals surface area contributed by atoms with Crippen molar-refractivity contribution in [2.24, 2.45) is 0 Å². The molecule has 0 bridgehead atoms. The van der Waals surface area contributed by atoms with Crippen LogP contribution in [0, 0.1) is 0 Å². The average Bonchev–Trinajstić information content (AvgIpc) is 2.81. The maximum Gasteiger partial charge on any atom is 0.514 e. The van der Waals surface area contributed by atoms with Gasteiger partial charge in [0.2, 0.25) is 0 Å². The van der Waals surface area contributed by atoms with Crippen molar-refractivity contribution in [1.82, 2.24) is 5.32 Å². The van der Waals surface area contributed by atoms with E-state index in [1.165, 1.54) is 0 Å². The Bertz CT molecular complexity index is 1240. The Morgan fingerprint density at radius 2 is 1.60 bits per heavy atom. The molecule has 0 aliphatic carbocycles. The number of hydrogen-bond donors (Lipinski definition) is 2. The van der Waals surface area contributed by atoms with Gasteiger partial charge in [0.1, 0.15) is 17.0 Å². The first-order chi connectivity index (χ1) is 19.3. The molecule has 1 atom stereocenters. The maximum absolute atomic E-state index is 13.5. The number of benzene rings is 2. The molecular weight excluding hydrogens is 595 g/mol. The quantitative estimate of drug-likeness (QED) is 0.199. The first-order valence-corrected chi connectivity index (χ1v) is 14.7. The van der Waals surface area contributed by atoms with Crippen LogP contribution in [-0.2, 0) is 22.1 Å². The fourth-order valence-corrected chi connectivity index (χ4v) is 5.25. The number of nitrogens with one attached hydrogen (secondary N) is 1. The number of carbonyl (C=O) groups excluding carboxylic acids is 2. The molecule has 42 heavy (non-hydrogen) atoms. The van der Waals surface area contributed by atoms with Crippen LogP contribution in [0.5, 0.6) is 5.75 Å². The predicted octanol–water partition coefficient (Wildman–Crippen LogP) is 8.81. The summed E-state index contributed by atoms with van der Waals surface area (Å²) in [6.45, 7) is 11.8. The lowest BCUT2D eigenvalue weighted by molar-refractivity contribution is -0.137. The molecule has 0 saturated carbocycles. The lowest BCUT2D eigenvalue weighted by Gasteiger charge is -2.34. The van der Waals surface area contributed by atoms with Crippen molar-refractivity contribution in [3.8, 4) is 5.75 Å². The van der Waals surface area contributed by atoms with Crippen molar-refractivity contribution in [3.05, 3.63) is 52.5 Å². The van der Waals surface area contributed by atoms with Gasteiger partial charge in [0, 0.05) is 9.92 Å². The summed E-state index contributed by atoms with van der Waals surface area (Å²) in [6.07, 6.45) is -4.31. The van der Waals surface area contributed by atoms with Crippen LogP contribution >= 0.6 is 23.4 Å². The minimum Gasteiger partial charge on any atom is -0.444 e. The Kier molecular flexibility index (Phi) is 12.0. The summed E-state index contributed by atoms with van der Waals surface area (Å²) in [6, 6.07) is 7.81. The summed E-state index contributed by atoms with van der Waals surface area (Å²) in [5, 5.41) is 13.4. The van der Waals surface area contributed by atoms with Gasteiger partial charge in [-0.2, -0.15) is 13.2 Å². The number of rotatable bonds is 10. The lowest BCUT2D eigenvalue weighted by Crippen LogP contribution is -2.53. The molecule has 0 spiro atoms. The summed E-state index contributed by atoms with van der Waals surface area (Å²) in [5.41, 5.74) is -2.67. The normalized spacial score (nSPS) is 13.7. The summed E-state index contributed by atoms with van der Waals surface area (Å²) in [7, 11) is 0. The highest BCUT2D eigenvalue weighted by atomic mass is 35.5. The number of amides is 1. The van der Waals surface area contributed by atoms with Crippen molar-refractivity contribution in [1.29, 1.82) is 0 Å². The SMILES string of the molecule is CCCC(CO)(CCc1ccc(Sc2cc(C(F)(F)F)ccc2OC(=O)OC(C)(C)C)cc1Cl)NC(=O)OC(C)(C)C. The molecule has 0 fully saturated rings. The summed E-state index contributed by atoms with van der Waals surface area (Å²) in [4.78, 5) is 25.2. The molecule has 7 nitrogen and oxygen atoms in total. The molecule has 0 aromatic heterocycles. The van der Waals surface area contributed by atoms with Gasteiger partial charge in [0.15, 0.2) is 0 Å². The molecule has 0 aliphatic heterocycles. The van der Waals surface area contributed by atoms with Gasteiger partial charge in [-0.3, -0.25) is 0 Å². The van der Waals surface area contributed by atoms with Gasteiger partial charge in [-0.1, -0.05) is 42.8 Å². The van der Waals surface area contributed by atoms with E-state index in [-0.39, 0.29) is 17.3 Å². The number of aliphatic hydroxyl groups is 1.